The van der Waals surface area contributed by atoms with Crippen molar-refractivity contribution in [1.29, 1.82) is 0 Å². The maximum atomic E-state index is 9.49. The molecule has 4 unspecified atom stereocenters. The van der Waals surface area contributed by atoms with Gasteiger partial charge in [-0.25, -0.2) is 0 Å². The summed E-state index contributed by atoms with van der Waals surface area (Å²) < 4.78 is 2.27. The second kappa shape index (κ2) is 3.92. The number of fused-ring (bicyclic) bond motifs is 2. The van der Waals surface area contributed by atoms with Gasteiger partial charge in [0, 0.05) is 18.9 Å². The normalized spacial score (nSPS) is 34.5. The Morgan fingerprint density at radius 3 is 2.88 bits per heavy atom. The Hall–Kier alpha value is -0.760. The van der Waals surface area contributed by atoms with Crippen LogP contribution in [-0.4, -0.2) is 9.67 Å². The summed E-state index contributed by atoms with van der Waals surface area (Å²) in [6.07, 6.45) is 9.75. The lowest BCUT2D eigenvalue weighted by Gasteiger charge is -2.22. The molecule has 0 aliphatic heterocycles. The maximum absolute atomic E-state index is 9.49. The van der Waals surface area contributed by atoms with Gasteiger partial charge in [0.1, 0.15) is 0 Å². The summed E-state index contributed by atoms with van der Waals surface area (Å²) in [6.45, 7) is 2.99. The third-order valence-corrected chi connectivity index (χ3v) is 4.59. The second-order valence-corrected chi connectivity index (χ2v) is 5.75. The average Bonchev–Trinajstić information content (AvgIpc) is 2.91. The molecule has 16 heavy (non-hydrogen) atoms. The number of aromatic nitrogens is 1. The van der Waals surface area contributed by atoms with Crippen LogP contribution in [0.4, 0.5) is 0 Å². The Kier molecular flexibility index (Phi) is 2.55. The molecule has 0 aromatic carbocycles. The first-order valence-electron chi connectivity index (χ1n) is 6.56. The minimum atomic E-state index is -0.332. The summed E-state index contributed by atoms with van der Waals surface area (Å²) in [5.41, 5.74) is 1.04. The van der Waals surface area contributed by atoms with Crippen molar-refractivity contribution < 1.29 is 5.11 Å². The molecule has 1 heterocycles. The Balaban J connectivity index is 1.65. The zero-order valence-corrected chi connectivity index (χ0v) is 9.97. The van der Waals surface area contributed by atoms with Crippen molar-refractivity contribution in [2.45, 2.75) is 45.3 Å². The van der Waals surface area contributed by atoms with Gasteiger partial charge in [-0.05, 0) is 55.6 Å². The van der Waals surface area contributed by atoms with Crippen molar-refractivity contribution >= 4 is 0 Å². The van der Waals surface area contributed by atoms with Crippen LogP contribution in [0.2, 0.25) is 0 Å². The highest BCUT2D eigenvalue weighted by Crippen LogP contribution is 2.48. The molecule has 1 N–H and O–H groups in total. The molecular formula is C14H21NO. The molecule has 2 saturated carbocycles. The van der Waals surface area contributed by atoms with Crippen LogP contribution in [0.15, 0.2) is 18.5 Å². The third kappa shape index (κ3) is 1.80. The van der Waals surface area contributed by atoms with Gasteiger partial charge in [0.2, 0.25) is 0 Å². The average molecular weight is 219 g/mol. The molecule has 0 amide bonds. The molecule has 0 spiro atoms. The molecule has 2 bridgehead atoms. The van der Waals surface area contributed by atoms with Gasteiger partial charge >= 0.3 is 0 Å². The monoisotopic (exact) mass is 219 g/mol. The number of nitrogens with zero attached hydrogens (tertiary/aromatic N) is 1. The summed E-state index contributed by atoms with van der Waals surface area (Å²) in [7, 11) is 0. The molecule has 3 rings (SSSR count). The van der Waals surface area contributed by atoms with Gasteiger partial charge in [-0.2, -0.15) is 0 Å². The van der Waals surface area contributed by atoms with E-state index in [0.29, 0.717) is 0 Å². The van der Waals surface area contributed by atoms with Crippen LogP contribution in [-0.2, 0) is 6.54 Å². The lowest BCUT2D eigenvalue weighted by molar-refractivity contribution is 0.199. The fraction of sp³-hybridized carbons (Fsp3) is 0.714. The van der Waals surface area contributed by atoms with Crippen LogP contribution in [0.1, 0.15) is 44.3 Å². The number of hydrogen-bond donors (Lipinski definition) is 1. The Morgan fingerprint density at radius 2 is 2.31 bits per heavy atom. The van der Waals surface area contributed by atoms with Gasteiger partial charge in [0.15, 0.2) is 0 Å². The van der Waals surface area contributed by atoms with Crippen molar-refractivity contribution in [2.24, 2.45) is 17.8 Å². The Bertz CT molecular complexity index is 369. The largest absolute Gasteiger partial charge is 0.389 e. The minimum Gasteiger partial charge on any atom is -0.389 e. The van der Waals surface area contributed by atoms with Gasteiger partial charge in [-0.1, -0.05) is 6.42 Å². The van der Waals surface area contributed by atoms with Crippen LogP contribution >= 0.6 is 0 Å². The Labute approximate surface area is 97.3 Å². The van der Waals surface area contributed by atoms with E-state index in [0.717, 1.165) is 29.9 Å². The number of aliphatic hydroxyl groups is 1. The second-order valence-electron chi connectivity index (χ2n) is 5.75. The fourth-order valence-corrected chi connectivity index (χ4v) is 3.69. The number of hydrogen-bond acceptors (Lipinski definition) is 1. The van der Waals surface area contributed by atoms with Crippen LogP contribution < -0.4 is 0 Å². The summed E-state index contributed by atoms with van der Waals surface area (Å²) in [5.74, 6) is 2.91. The molecule has 1 aromatic heterocycles. The van der Waals surface area contributed by atoms with Crippen molar-refractivity contribution in [3.63, 3.8) is 0 Å². The molecule has 2 fully saturated rings. The van der Waals surface area contributed by atoms with Crippen LogP contribution in [0, 0.1) is 17.8 Å². The first kappa shape index (κ1) is 10.4. The summed E-state index contributed by atoms with van der Waals surface area (Å²) in [6, 6.07) is 2.04. The van der Waals surface area contributed by atoms with Gasteiger partial charge in [0.25, 0.3) is 0 Å². The highest BCUT2D eigenvalue weighted by molar-refractivity contribution is 5.12. The molecule has 1 aromatic rings. The van der Waals surface area contributed by atoms with E-state index in [9.17, 15) is 5.11 Å². The maximum Gasteiger partial charge on any atom is 0.0776 e. The molecule has 88 valence electrons. The smallest absolute Gasteiger partial charge is 0.0776 e. The zero-order valence-electron chi connectivity index (χ0n) is 9.97. The van der Waals surface area contributed by atoms with E-state index < -0.39 is 0 Å². The number of rotatable bonds is 3. The fourth-order valence-electron chi connectivity index (χ4n) is 3.69. The van der Waals surface area contributed by atoms with Crippen LogP contribution in [0.3, 0.4) is 0 Å². The molecule has 2 aliphatic carbocycles. The van der Waals surface area contributed by atoms with Crippen LogP contribution in [0.25, 0.3) is 0 Å². The topological polar surface area (TPSA) is 25.2 Å². The highest BCUT2D eigenvalue weighted by atomic mass is 16.3. The molecular weight excluding hydrogens is 198 g/mol. The molecule has 4 atom stereocenters. The van der Waals surface area contributed by atoms with E-state index in [-0.39, 0.29) is 6.10 Å². The van der Waals surface area contributed by atoms with Crippen LogP contribution in [0.5, 0.6) is 0 Å². The van der Waals surface area contributed by atoms with Gasteiger partial charge in [0.05, 0.1) is 6.10 Å². The summed E-state index contributed by atoms with van der Waals surface area (Å²) in [5, 5.41) is 9.49. The first-order valence-corrected chi connectivity index (χ1v) is 6.56. The SMILES string of the molecule is CC(O)c1ccn(CC2CC3CCC2C3)c1. The van der Waals surface area contributed by atoms with E-state index in [4.69, 9.17) is 0 Å². The number of aliphatic hydroxyl groups excluding tert-OH is 1. The Morgan fingerprint density at radius 1 is 1.44 bits per heavy atom. The molecule has 2 heteroatoms. The van der Waals surface area contributed by atoms with E-state index in [2.05, 4.69) is 17.0 Å². The zero-order chi connectivity index (χ0) is 11.1. The molecule has 2 nitrogen and oxygen atoms in total. The molecule has 0 saturated heterocycles. The van der Waals surface area contributed by atoms with Gasteiger partial charge in [-0.15, -0.1) is 0 Å². The molecule has 2 aliphatic rings. The quantitative estimate of drug-likeness (QED) is 0.830. The minimum absolute atomic E-state index is 0.332. The van der Waals surface area contributed by atoms with Crippen molar-refractivity contribution in [2.75, 3.05) is 0 Å². The highest BCUT2D eigenvalue weighted by Gasteiger charge is 2.39. The van der Waals surface area contributed by atoms with Gasteiger partial charge in [-0.3, -0.25) is 0 Å². The summed E-state index contributed by atoms with van der Waals surface area (Å²) in [4.78, 5) is 0. The molecule has 0 radical (unpaired) electrons. The predicted molar refractivity (Wildman–Crippen MR) is 64.0 cm³/mol. The first-order chi connectivity index (χ1) is 7.72. The predicted octanol–water partition coefficient (Wildman–Crippen LogP) is 2.98. The van der Waals surface area contributed by atoms with E-state index >= 15 is 0 Å². The van der Waals surface area contributed by atoms with Crippen molar-refractivity contribution in [3.8, 4) is 0 Å². The van der Waals surface area contributed by atoms with E-state index in [1.807, 2.05) is 13.0 Å². The van der Waals surface area contributed by atoms with Gasteiger partial charge < -0.3 is 9.67 Å². The standard InChI is InChI=1S/C14H21NO/c1-10(16)13-4-5-15(8-13)9-14-7-11-2-3-12(14)6-11/h4-5,8,10-12,14,16H,2-3,6-7,9H2,1H3. The summed E-state index contributed by atoms with van der Waals surface area (Å²) >= 11 is 0. The van der Waals surface area contributed by atoms with Crippen molar-refractivity contribution in [3.05, 3.63) is 24.0 Å². The lowest BCUT2D eigenvalue weighted by atomic mass is 9.89. The lowest BCUT2D eigenvalue weighted by Crippen LogP contribution is -2.16. The third-order valence-electron chi connectivity index (χ3n) is 4.59. The van der Waals surface area contributed by atoms with E-state index in [1.54, 1.807) is 0 Å². The van der Waals surface area contributed by atoms with Crippen molar-refractivity contribution in [1.82, 2.24) is 4.57 Å². The van der Waals surface area contributed by atoms with E-state index in [1.165, 1.54) is 25.7 Å².